The van der Waals surface area contributed by atoms with Crippen LogP contribution < -0.4 is 10.2 Å². The number of anilines is 1. The molecule has 0 unspecified atom stereocenters. The van der Waals surface area contributed by atoms with Gasteiger partial charge in [0.05, 0.1) is 12.5 Å². The number of rotatable bonds is 6. The first-order chi connectivity index (χ1) is 12.6. The van der Waals surface area contributed by atoms with Gasteiger partial charge in [-0.2, -0.15) is 0 Å². The van der Waals surface area contributed by atoms with E-state index in [1.54, 1.807) is 25.6 Å². The molecule has 26 heavy (non-hydrogen) atoms. The van der Waals surface area contributed by atoms with Gasteiger partial charge in [0.2, 0.25) is 11.9 Å². The van der Waals surface area contributed by atoms with Gasteiger partial charge in [-0.1, -0.05) is 18.2 Å². The number of nitrogens with zero attached hydrogens (tertiary/aromatic N) is 3. The summed E-state index contributed by atoms with van der Waals surface area (Å²) in [5.41, 5.74) is 3.61. The van der Waals surface area contributed by atoms with Crippen LogP contribution in [0.5, 0.6) is 0 Å². The normalized spacial score (nSPS) is 19.6. The molecule has 3 rings (SSSR count). The molecule has 1 amide bonds. The van der Waals surface area contributed by atoms with Gasteiger partial charge < -0.3 is 15.0 Å². The van der Waals surface area contributed by atoms with Gasteiger partial charge in [0.1, 0.15) is 0 Å². The first-order valence-corrected chi connectivity index (χ1v) is 8.93. The van der Waals surface area contributed by atoms with Crippen LogP contribution in [0.1, 0.15) is 16.7 Å². The van der Waals surface area contributed by atoms with E-state index < -0.39 is 0 Å². The maximum Gasteiger partial charge on any atom is 0.225 e. The van der Waals surface area contributed by atoms with Crippen molar-refractivity contribution in [3.63, 3.8) is 0 Å². The third-order valence-electron chi connectivity index (χ3n) is 5.03. The number of nitrogens with one attached hydrogen (secondary N) is 1. The quantitative estimate of drug-likeness (QED) is 0.861. The number of amides is 1. The summed E-state index contributed by atoms with van der Waals surface area (Å²) in [5.74, 6) is 0.718. The second kappa shape index (κ2) is 8.27. The van der Waals surface area contributed by atoms with Crippen molar-refractivity contribution in [1.29, 1.82) is 0 Å². The number of methoxy groups -OCH3 is 1. The van der Waals surface area contributed by atoms with E-state index in [-0.39, 0.29) is 17.7 Å². The molecule has 0 spiro atoms. The van der Waals surface area contributed by atoms with Crippen molar-refractivity contribution in [3.8, 4) is 0 Å². The minimum atomic E-state index is -0.134. The van der Waals surface area contributed by atoms with Crippen molar-refractivity contribution in [2.45, 2.75) is 20.4 Å². The molecule has 0 saturated carbocycles. The smallest absolute Gasteiger partial charge is 0.225 e. The summed E-state index contributed by atoms with van der Waals surface area (Å²) in [6.07, 6.45) is 3.45. The fourth-order valence-electron chi connectivity index (χ4n) is 3.40. The number of benzene rings is 1. The van der Waals surface area contributed by atoms with E-state index in [1.165, 1.54) is 11.1 Å². The Hall–Kier alpha value is -2.47. The van der Waals surface area contributed by atoms with E-state index in [0.29, 0.717) is 25.6 Å². The fraction of sp³-hybridized carbons (Fsp3) is 0.450. The van der Waals surface area contributed by atoms with Crippen molar-refractivity contribution in [2.75, 3.05) is 31.7 Å². The van der Waals surface area contributed by atoms with Crippen LogP contribution in [0.4, 0.5) is 5.95 Å². The number of hydrogen-bond donors (Lipinski definition) is 1. The summed E-state index contributed by atoms with van der Waals surface area (Å²) in [4.78, 5) is 23.5. The number of ether oxygens (including phenoxy) is 1. The zero-order chi connectivity index (χ0) is 18.5. The Balaban J connectivity index is 1.65. The van der Waals surface area contributed by atoms with Crippen LogP contribution in [-0.2, 0) is 16.1 Å². The molecule has 0 aliphatic carbocycles. The maximum absolute atomic E-state index is 12.8. The Morgan fingerprint density at radius 2 is 2.00 bits per heavy atom. The number of hydrogen-bond acceptors (Lipinski definition) is 5. The van der Waals surface area contributed by atoms with Crippen molar-refractivity contribution in [2.24, 2.45) is 11.8 Å². The second-order valence-corrected chi connectivity index (χ2v) is 6.91. The Kier molecular flexibility index (Phi) is 5.83. The van der Waals surface area contributed by atoms with E-state index in [4.69, 9.17) is 4.74 Å². The molecule has 1 aromatic heterocycles. The zero-order valence-electron chi connectivity index (χ0n) is 15.6. The van der Waals surface area contributed by atoms with Crippen LogP contribution >= 0.6 is 0 Å². The fourth-order valence-corrected chi connectivity index (χ4v) is 3.40. The van der Waals surface area contributed by atoms with E-state index in [0.717, 1.165) is 12.1 Å². The first-order valence-electron chi connectivity index (χ1n) is 8.93. The topological polar surface area (TPSA) is 67.3 Å². The minimum absolute atomic E-state index is 0.0590. The van der Waals surface area contributed by atoms with Gasteiger partial charge in [0.25, 0.3) is 0 Å². The van der Waals surface area contributed by atoms with Gasteiger partial charge in [-0.25, -0.2) is 9.97 Å². The Morgan fingerprint density at radius 3 is 2.69 bits per heavy atom. The summed E-state index contributed by atoms with van der Waals surface area (Å²) < 4.78 is 5.33. The summed E-state index contributed by atoms with van der Waals surface area (Å²) >= 11 is 0. The third-order valence-corrected chi connectivity index (χ3v) is 5.03. The molecule has 0 radical (unpaired) electrons. The van der Waals surface area contributed by atoms with Crippen molar-refractivity contribution in [3.05, 3.63) is 53.3 Å². The highest BCUT2D eigenvalue weighted by molar-refractivity contribution is 5.80. The highest BCUT2D eigenvalue weighted by Crippen LogP contribution is 2.26. The summed E-state index contributed by atoms with van der Waals surface area (Å²) in [6, 6.07) is 8.07. The molecule has 1 saturated heterocycles. The lowest BCUT2D eigenvalue weighted by atomic mass is 9.96. The number of aryl methyl sites for hydroxylation is 2. The highest BCUT2D eigenvalue weighted by atomic mass is 16.5. The summed E-state index contributed by atoms with van der Waals surface area (Å²) in [7, 11) is 1.67. The maximum atomic E-state index is 12.8. The molecule has 1 aliphatic rings. The molecule has 6 heteroatoms. The SMILES string of the molecule is COC[C@@H]1CN(c2ncccn2)C[C@H]1C(=O)NCc1ccc(C)c(C)c1. The van der Waals surface area contributed by atoms with E-state index >= 15 is 0 Å². The van der Waals surface area contributed by atoms with Crippen LogP contribution in [0, 0.1) is 25.7 Å². The van der Waals surface area contributed by atoms with Crippen molar-refractivity contribution >= 4 is 11.9 Å². The molecule has 2 heterocycles. The van der Waals surface area contributed by atoms with Crippen LogP contribution in [0.2, 0.25) is 0 Å². The molecule has 2 aromatic rings. The predicted molar refractivity (Wildman–Crippen MR) is 101 cm³/mol. The molecule has 0 bridgehead atoms. The molecule has 138 valence electrons. The van der Waals surface area contributed by atoms with Crippen molar-refractivity contribution < 1.29 is 9.53 Å². The monoisotopic (exact) mass is 354 g/mol. The largest absolute Gasteiger partial charge is 0.384 e. The van der Waals surface area contributed by atoms with Gasteiger partial charge in [0.15, 0.2) is 0 Å². The Bertz CT molecular complexity index is 751. The summed E-state index contributed by atoms with van der Waals surface area (Å²) in [5, 5.41) is 3.09. The lowest BCUT2D eigenvalue weighted by Crippen LogP contribution is -2.36. The lowest BCUT2D eigenvalue weighted by Gasteiger charge is -2.17. The molecule has 1 N–H and O–H groups in total. The Labute approximate surface area is 154 Å². The standard InChI is InChI=1S/C20H26N4O2/c1-14-5-6-16(9-15(14)2)10-23-19(25)18-12-24(11-17(18)13-26-3)20-21-7-4-8-22-20/h4-9,17-18H,10-13H2,1-3H3,(H,23,25)/t17-,18+/m0/s1. The minimum Gasteiger partial charge on any atom is -0.384 e. The zero-order valence-corrected chi connectivity index (χ0v) is 15.6. The molecule has 1 aliphatic heterocycles. The van der Waals surface area contributed by atoms with Gasteiger partial charge in [0, 0.05) is 45.1 Å². The average molecular weight is 354 g/mol. The lowest BCUT2D eigenvalue weighted by molar-refractivity contribution is -0.126. The third kappa shape index (κ3) is 4.19. The van der Waals surface area contributed by atoms with Crippen LogP contribution in [0.25, 0.3) is 0 Å². The number of aromatic nitrogens is 2. The van der Waals surface area contributed by atoms with E-state index in [9.17, 15) is 4.79 Å². The van der Waals surface area contributed by atoms with Crippen LogP contribution in [0.15, 0.2) is 36.7 Å². The van der Waals surface area contributed by atoms with Crippen molar-refractivity contribution in [1.82, 2.24) is 15.3 Å². The second-order valence-electron chi connectivity index (χ2n) is 6.91. The van der Waals surface area contributed by atoms with Crippen LogP contribution in [-0.4, -0.2) is 42.7 Å². The molecule has 6 nitrogen and oxygen atoms in total. The first kappa shape index (κ1) is 18.3. The molecule has 1 aromatic carbocycles. The molecule has 1 fully saturated rings. The predicted octanol–water partition coefficient (Wildman–Crippen LogP) is 2.11. The molecular weight excluding hydrogens is 328 g/mol. The highest BCUT2D eigenvalue weighted by Gasteiger charge is 2.38. The number of carbonyl (C=O) groups is 1. The molecular formula is C20H26N4O2. The van der Waals surface area contributed by atoms with Gasteiger partial charge in [-0.3, -0.25) is 4.79 Å². The number of carbonyl (C=O) groups excluding carboxylic acids is 1. The van der Waals surface area contributed by atoms with E-state index in [2.05, 4.69) is 52.2 Å². The van der Waals surface area contributed by atoms with Gasteiger partial charge in [-0.15, -0.1) is 0 Å². The van der Waals surface area contributed by atoms with Crippen LogP contribution in [0.3, 0.4) is 0 Å². The average Bonchev–Trinajstić information content (AvgIpc) is 3.07. The Morgan fingerprint density at radius 1 is 1.23 bits per heavy atom. The van der Waals surface area contributed by atoms with Gasteiger partial charge in [-0.05, 0) is 36.6 Å². The van der Waals surface area contributed by atoms with E-state index in [1.807, 2.05) is 0 Å². The molecule has 2 atom stereocenters. The summed E-state index contributed by atoms with van der Waals surface area (Å²) in [6.45, 7) is 6.59. The van der Waals surface area contributed by atoms with Gasteiger partial charge >= 0.3 is 0 Å².